The predicted molar refractivity (Wildman–Crippen MR) is 141 cm³/mol. The first-order valence-corrected chi connectivity index (χ1v) is 12.1. The zero-order valence-corrected chi connectivity index (χ0v) is 22.0. The maximum Gasteiger partial charge on any atom is 0.338 e. The Kier molecular flexibility index (Phi) is 9.00. The summed E-state index contributed by atoms with van der Waals surface area (Å²) in [5, 5.41) is 8.46. The van der Waals surface area contributed by atoms with E-state index >= 15 is 0 Å². The number of hydrogen-bond acceptors (Lipinski definition) is 6. The van der Waals surface area contributed by atoms with Gasteiger partial charge in [0.05, 0.1) is 31.9 Å². The summed E-state index contributed by atoms with van der Waals surface area (Å²) >= 11 is 0. The number of hydrogen-bond donors (Lipinski definition) is 3. The van der Waals surface area contributed by atoms with E-state index in [0.717, 1.165) is 6.42 Å². The summed E-state index contributed by atoms with van der Waals surface area (Å²) < 4.78 is 16.0. The van der Waals surface area contributed by atoms with Gasteiger partial charge < -0.3 is 30.2 Å². The van der Waals surface area contributed by atoms with E-state index in [1.807, 2.05) is 6.92 Å². The van der Waals surface area contributed by atoms with Gasteiger partial charge in [0.1, 0.15) is 11.5 Å². The molecule has 37 heavy (non-hydrogen) atoms. The van der Waals surface area contributed by atoms with Crippen LogP contribution in [0.25, 0.3) is 0 Å². The van der Waals surface area contributed by atoms with Crippen LogP contribution in [0.15, 0.2) is 53.7 Å². The average Bonchev–Trinajstić information content (AvgIpc) is 2.85. The van der Waals surface area contributed by atoms with Crippen molar-refractivity contribution in [2.45, 2.75) is 46.3 Å². The van der Waals surface area contributed by atoms with E-state index < -0.39 is 18.0 Å². The Morgan fingerprint density at radius 1 is 1.03 bits per heavy atom. The highest BCUT2D eigenvalue weighted by atomic mass is 16.5. The molecule has 1 atom stereocenters. The van der Waals surface area contributed by atoms with Crippen LogP contribution in [-0.4, -0.2) is 49.8 Å². The Hall–Kier alpha value is -4.21. The molecule has 4 amide bonds. The van der Waals surface area contributed by atoms with Gasteiger partial charge in [0, 0.05) is 41.8 Å². The third-order valence-electron chi connectivity index (χ3n) is 5.69. The zero-order chi connectivity index (χ0) is 27.1. The quantitative estimate of drug-likeness (QED) is 0.406. The van der Waals surface area contributed by atoms with Gasteiger partial charge in [-0.2, -0.15) is 0 Å². The molecule has 2 aromatic carbocycles. The molecule has 10 nitrogen and oxygen atoms in total. The van der Waals surface area contributed by atoms with Crippen molar-refractivity contribution >= 4 is 29.4 Å². The summed E-state index contributed by atoms with van der Waals surface area (Å²) in [6.07, 6.45) is 0.410. The number of nitrogens with one attached hydrogen (secondary N) is 3. The van der Waals surface area contributed by atoms with Gasteiger partial charge in [-0.3, -0.25) is 4.90 Å². The molecule has 0 radical (unpaired) electrons. The fourth-order valence-corrected chi connectivity index (χ4v) is 4.04. The van der Waals surface area contributed by atoms with Gasteiger partial charge in [0.15, 0.2) is 0 Å². The van der Waals surface area contributed by atoms with Gasteiger partial charge in [-0.05, 0) is 44.9 Å². The molecule has 198 valence electrons. The molecule has 3 rings (SSSR count). The van der Waals surface area contributed by atoms with Crippen LogP contribution in [0.3, 0.4) is 0 Å². The third-order valence-corrected chi connectivity index (χ3v) is 5.69. The second kappa shape index (κ2) is 12.2. The normalized spacial score (nSPS) is 15.3. The molecule has 2 aromatic rings. The van der Waals surface area contributed by atoms with Crippen molar-refractivity contribution in [3.05, 3.63) is 59.3 Å². The van der Waals surface area contributed by atoms with E-state index in [-0.39, 0.29) is 12.1 Å². The molecule has 3 N–H and O–H groups in total. The highest BCUT2D eigenvalue weighted by molar-refractivity contribution is 6.00. The number of esters is 1. The van der Waals surface area contributed by atoms with Crippen molar-refractivity contribution in [3.8, 4) is 11.5 Å². The van der Waals surface area contributed by atoms with E-state index in [4.69, 9.17) is 14.2 Å². The Bertz CT molecular complexity index is 1170. The van der Waals surface area contributed by atoms with Gasteiger partial charge in [-0.1, -0.05) is 19.1 Å². The fraction of sp³-hybridized carbons (Fsp3) is 0.370. The van der Waals surface area contributed by atoms with Crippen LogP contribution in [0.5, 0.6) is 11.5 Å². The fourth-order valence-electron chi connectivity index (χ4n) is 4.04. The third kappa shape index (κ3) is 6.72. The summed E-state index contributed by atoms with van der Waals surface area (Å²) in [7, 11) is 3.05. The number of anilines is 2. The van der Waals surface area contributed by atoms with E-state index in [2.05, 4.69) is 16.0 Å². The van der Waals surface area contributed by atoms with E-state index in [1.165, 1.54) is 14.2 Å². The van der Waals surface area contributed by atoms with Crippen molar-refractivity contribution < 1.29 is 28.6 Å². The standard InChI is InChI=1S/C27H34N4O6/c1-7-11-31-17(4)23(25(32)37-16(2)3)24(30-27(31)34)18-9-8-10-19(12-18)28-26(33)29-20-13-21(35-5)15-22(14-20)36-6/h8-10,12-16,24H,7,11H2,1-6H3,(H,30,34)(H2,28,29,33). The maximum absolute atomic E-state index is 13.1. The SMILES string of the molecule is CCCN1C(=O)NC(c2cccc(NC(=O)Nc3cc(OC)cc(OC)c3)c2)C(C(=O)OC(C)C)=C1C. The Morgan fingerprint density at radius 2 is 1.68 bits per heavy atom. The van der Waals surface area contributed by atoms with Crippen molar-refractivity contribution in [1.82, 2.24) is 10.2 Å². The van der Waals surface area contributed by atoms with Gasteiger partial charge in [0.25, 0.3) is 0 Å². The van der Waals surface area contributed by atoms with Crippen LogP contribution >= 0.6 is 0 Å². The number of benzene rings is 2. The Morgan fingerprint density at radius 3 is 2.27 bits per heavy atom. The second-order valence-electron chi connectivity index (χ2n) is 8.79. The number of allylic oxidation sites excluding steroid dienone is 1. The lowest BCUT2D eigenvalue weighted by Gasteiger charge is -2.35. The number of amides is 4. The first-order chi connectivity index (χ1) is 17.7. The van der Waals surface area contributed by atoms with E-state index in [0.29, 0.717) is 46.3 Å². The Labute approximate surface area is 217 Å². The number of carbonyl (C=O) groups excluding carboxylic acids is 3. The lowest BCUT2D eigenvalue weighted by molar-refractivity contribution is -0.143. The van der Waals surface area contributed by atoms with Gasteiger partial charge in [0.2, 0.25) is 0 Å². The molecular formula is C27H34N4O6. The number of ether oxygens (including phenoxy) is 3. The lowest BCUT2D eigenvalue weighted by Crippen LogP contribution is -2.48. The largest absolute Gasteiger partial charge is 0.497 e. The van der Waals surface area contributed by atoms with E-state index in [1.54, 1.807) is 68.1 Å². The van der Waals surface area contributed by atoms with Crippen LogP contribution in [-0.2, 0) is 9.53 Å². The maximum atomic E-state index is 13.1. The predicted octanol–water partition coefficient (Wildman–Crippen LogP) is 5.05. The molecule has 0 bridgehead atoms. The summed E-state index contributed by atoms with van der Waals surface area (Å²) in [5.74, 6) is 0.566. The van der Waals surface area contributed by atoms with Crippen molar-refractivity contribution in [2.24, 2.45) is 0 Å². The smallest absolute Gasteiger partial charge is 0.338 e. The molecule has 0 aliphatic carbocycles. The topological polar surface area (TPSA) is 118 Å². The number of rotatable bonds is 9. The molecule has 10 heteroatoms. The highest BCUT2D eigenvalue weighted by Crippen LogP contribution is 2.33. The average molecular weight is 511 g/mol. The monoisotopic (exact) mass is 510 g/mol. The number of carbonyl (C=O) groups is 3. The van der Waals surface area contributed by atoms with Crippen LogP contribution in [0.1, 0.15) is 45.7 Å². The van der Waals surface area contributed by atoms with Gasteiger partial charge in [-0.25, -0.2) is 14.4 Å². The number of methoxy groups -OCH3 is 2. The van der Waals surface area contributed by atoms with Crippen molar-refractivity contribution in [2.75, 3.05) is 31.4 Å². The first kappa shape index (κ1) is 27.4. The highest BCUT2D eigenvalue weighted by Gasteiger charge is 2.36. The second-order valence-corrected chi connectivity index (χ2v) is 8.79. The van der Waals surface area contributed by atoms with Gasteiger partial charge in [-0.15, -0.1) is 0 Å². The van der Waals surface area contributed by atoms with Crippen molar-refractivity contribution in [1.29, 1.82) is 0 Å². The molecule has 1 aliphatic heterocycles. The summed E-state index contributed by atoms with van der Waals surface area (Å²) in [4.78, 5) is 40.2. The van der Waals surface area contributed by atoms with Gasteiger partial charge >= 0.3 is 18.0 Å². The molecule has 1 unspecified atom stereocenters. The van der Waals surface area contributed by atoms with Crippen LogP contribution in [0.4, 0.5) is 21.0 Å². The molecule has 1 aliphatic rings. The molecular weight excluding hydrogens is 476 g/mol. The summed E-state index contributed by atoms with van der Waals surface area (Å²) in [6, 6.07) is 10.5. The number of urea groups is 2. The first-order valence-electron chi connectivity index (χ1n) is 12.1. The molecule has 0 fully saturated rings. The minimum atomic E-state index is -0.737. The molecule has 0 spiro atoms. The minimum Gasteiger partial charge on any atom is -0.497 e. The Balaban J connectivity index is 1.87. The van der Waals surface area contributed by atoms with Crippen molar-refractivity contribution in [3.63, 3.8) is 0 Å². The molecule has 1 heterocycles. The number of nitrogens with zero attached hydrogens (tertiary/aromatic N) is 1. The van der Waals surface area contributed by atoms with E-state index in [9.17, 15) is 14.4 Å². The summed E-state index contributed by atoms with van der Waals surface area (Å²) in [6.45, 7) is 7.72. The molecule has 0 saturated carbocycles. The van der Waals surface area contributed by atoms with Crippen LogP contribution < -0.4 is 25.4 Å². The lowest BCUT2D eigenvalue weighted by atomic mass is 9.94. The van der Waals surface area contributed by atoms with Crippen LogP contribution in [0.2, 0.25) is 0 Å². The van der Waals surface area contributed by atoms with Crippen LogP contribution in [0, 0.1) is 0 Å². The molecule has 0 saturated heterocycles. The minimum absolute atomic E-state index is 0.298. The summed E-state index contributed by atoms with van der Waals surface area (Å²) in [5.41, 5.74) is 2.48. The molecule has 0 aromatic heterocycles. The zero-order valence-electron chi connectivity index (χ0n) is 22.0.